The van der Waals surface area contributed by atoms with E-state index in [1.165, 1.54) is 11.8 Å². The summed E-state index contributed by atoms with van der Waals surface area (Å²) >= 11 is 1.50. The Bertz CT molecular complexity index is 1000. The lowest BCUT2D eigenvalue weighted by molar-refractivity contribution is -0.142. The van der Waals surface area contributed by atoms with Gasteiger partial charge in [-0.15, -0.1) is 0 Å². The molecule has 8 heteroatoms. The lowest BCUT2D eigenvalue weighted by Gasteiger charge is -2.31. The number of carbonyl (C=O) groups is 3. The molecule has 2 aromatic rings. The van der Waals surface area contributed by atoms with Crippen molar-refractivity contribution < 1.29 is 24.2 Å². The van der Waals surface area contributed by atoms with Gasteiger partial charge in [-0.25, -0.2) is 9.59 Å². The third-order valence-electron chi connectivity index (χ3n) is 5.96. The number of carboxylic acid groups (broad SMARTS) is 1. The summed E-state index contributed by atoms with van der Waals surface area (Å²) in [6, 6.07) is 14.1. The number of alkyl carbamates (subject to hydrolysis) is 1. The molecule has 182 valence electrons. The number of hydrogen-bond acceptors (Lipinski definition) is 5. The molecular weight excluding hydrogens is 452 g/mol. The molecule has 0 saturated heterocycles. The Hall–Kier alpha value is -3.00. The Morgan fingerprint density at radius 3 is 2.06 bits per heavy atom. The van der Waals surface area contributed by atoms with Crippen molar-refractivity contribution >= 4 is 29.7 Å². The number of fused-ring (bicyclic) bond motifs is 3. The van der Waals surface area contributed by atoms with Crippen molar-refractivity contribution in [3.63, 3.8) is 0 Å². The fourth-order valence-electron chi connectivity index (χ4n) is 4.18. The van der Waals surface area contributed by atoms with Gasteiger partial charge in [-0.1, -0.05) is 69.3 Å². The zero-order chi connectivity index (χ0) is 24.9. The summed E-state index contributed by atoms with van der Waals surface area (Å²) in [6.07, 6.45) is 1.45. The monoisotopic (exact) mass is 484 g/mol. The number of carbonyl (C=O) groups excluding carboxylic acids is 2. The van der Waals surface area contributed by atoms with Gasteiger partial charge >= 0.3 is 12.1 Å². The molecule has 2 amide bonds. The lowest BCUT2D eigenvalue weighted by Crippen LogP contribution is -2.56. The molecule has 1 unspecified atom stereocenters. The number of rotatable bonds is 9. The van der Waals surface area contributed by atoms with E-state index in [0.29, 0.717) is 12.2 Å². The number of carboxylic acids is 1. The highest BCUT2D eigenvalue weighted by Gasteiger charge is 2.36. The Labute approximate surface area is 204 Å². The quantitative estimate of drug-likeness (QED) is 0.491. The SMILES string of the molecule is CSCCC(NC(=O)[C@@H](NC(=O)OCC1c2ccccc2-c2ccccc21)C(C)(C)C)C(=O)O. The van der Waals surface area contributed by atoms with Crippen molar-refractivity contribution in [1.29, 1.82) is 0 Å². The first-order chi connectivity index (χ1) is 16.1. The van der Waals surface area contributed by atoms with Crippen molar-refractivity contribution in [3.05, 3.63) is 59.7 Å². The van der Waals surface area contributed by atoms with Crippen LogP contribution in [0.3, 0.4) is 0 Å². The van der Waals surface area contributed by atoms with Crippen molar-refractivity contribution in [1.82, 2.24) is 10.6 Å². The smallest absolute Gasteiger partial charge is 0.407 e. The summed E-state index contributed by atoms with van der Waals surface area (Å²) < 4.78 is 5.58. The largest absolute Gasteiger partial charge is 0.480 e. The molecule has 1 aliphatic carbocycles. The molecule has 0 spiro atoms. The number of nitrogens with one attached hydrogen (secondary N) is 2. The lowest BCUT2D eigenvalue weighted by atomic mass is 9.86. The summed E-state index contributed by atoms with van der Waals surface area (Å²) in [6.45, 7) is 5.54. The maximum atomic E-state index is 12.9. The third kappa shape index (κ3) is 5.91. The Morgan fingerprint density at radius 1 is 1.00 bits per heavy atom. The number of aliphatic carboxylic acids is 1. The van der Waals surface area contributed by atoms with Crippen LogP contribution in [-0.4, -0.2) is 53.8 Å². The topological polar surface area (TPSA) is 105 Å². The molecule has 34 heavy (non-hydrogen) atoms. The van der Waals surface area contributed by atoms with Crippen LogP contribution in [0.1, 0.15) is 44.2 Å². The van der Waals surface area contributed by atoms with Crippen molar-refractivity contribution in [2.24, 2.45) is 5.41 Å². The maximum absolute atomic E-state index is 12.9. The van der Waals surface area contributed by atoms with E-state index in [4.69, 9.17) is 4.74 Å². The normalized spacial score (nSPS) is 14.5. The van der Waals surface area contributed by atoms with Gasteiger partial charge in [-0.3, -0.25) is 4.79 Å². The van der Waals surface area contributed by atoms with Crippen LogP contribution < -0.4 is 10.6 Å². The standard InChI is InChI=1S/C26H32N2O5S/c1-26(2,3)22(23(29)27-21(24(30)31)13-14-34-4)28-25(32)33-15-20-18-11-7-5-9-16(18)17-10-6-8-12-19(17)20/h5-12,20-22H,13-15H2,1-4H3,(H,27,29)(H,28,32)(H,30,31)/t21?,22-/m1/s1. The van der Waals surface area contributed by atoms with Gasteiger partial charge in [0.2, 0.25) is 5.91 Å². The van der Waals surface area contributed by atoms with E-state index >= 15 is 0 Å². The molecule has 0 fully saturated rings. The van der Waals surface area contributed by atoms with Gasteiger partial charge in [0.1, 0.15) is 18.7 Å². The molecule has 3 N–H and O–H groups in total. The van der Waals surface area contributed by atoms with Crippen LogP contribution in [0, 0.1) is 5.41 Å². The summed E-state index contributed by atoms with van der Waals surface area (Å²) in [7, 11) is 0. The number of thioether (sulfide) groups is 1. The zero-order valence-electron chi connectivity index (χ0n) is 20.0. The fourth-order valence-corrected chi connectivity index (χ4v) is 4.65. The molecule has 0 saturated carbocycles. The molecule has 0 heterocycles. The van der Waals surface area contributed by atoms with E-state index in [1.54, 1.807) is 20.8 Å². The van der Waals surface area contributed by atoms with Gasteiger partial charge in [0.15, 0.2) is 0 Å². The van der Waals surface area contributed by atoms with Crippen LogP contribution in [0.25, 0.3) is 11.1 Å². The summed E-state index contributed by atoms with van der Waals surface area (Å²) in [4.78, 5) is 37.2. The van der Waals surface area contributed by atoms with Crippen LogP contribution in [0.15, 0.2) is 48.5 Å². The predicted octanol–water partition coefficient (Wildman–Crippen LogP) is 4.26. The number of amides is 2. The molecule has 0 bridgehead atoms. The fraction of sp³-hybridized carbons (Fsp3) is 0.423. The van der Waals surface area contributed by atoms with Crippen LogP contribution in [0.5, 0.6) is 0 Å². The molecule has 1 aliphatic rings. The van der Waals surface area contributed by atoms with Crippen molar-refractivity contribution in [2.45, 2.75) is 45.2 Å². The van der Waals surface area contributed by atoms with Gasteiger partial charge in [-0.2, -0.15) is 11.8 Å². The molecular formula is C26H32N2O5S. The minimum Gasteiger partial charge on any atom is -0.480 e. The van der Waals surface area contributed by atoms with E-state index in [1.807, 2.05) is 42.7 Å². The average Bonchev–Trinajstić information content (AvgIpc) is 3.11. The maximum Gasteiger partial charge on any atom is 0.407 e. The summed E-state index contributed by atoms with van der Waals surface area (Å²) in [5.74, 6) is -1.15. The zero-order valence-corrected chi connectivity index (χ0v) is 20.8. The highest BCUT2D eigenvalue weighted by molar-refractivity contribution is 7.98. The second-order valence-corrected chi connectivity index (χ2v) is 10.4. The molecule has 2 atom stereocenters. The van der Waals surface area contributed by atoms with E-state index in [9.17, 15) is 19.5 Å². The molecule has 0 aromatic heterocycles. The average molecular weight is 485 g/mol. The number of benzene rings is 2. The van der Waals surface area contributed by atoms with Gasteiger partial charge in [0.25, 0.3) is 0 Å². The van der Waals surface area contributed by atoms with Gasteiger partial charge in [0, 0.05) is 5.92 Å². The summed E-state index contributed by atoms with van der Waals surface area (Å²) in [5, 5.41) is 14.7. The van der Waals surface area contributed by atoms with Gasteiger partial charge in [-0.05, 0) is 46.1 Å². The van der Waals surface area contributed by atoms with Crippen LogP contribution in [0.4, 0.5) is 4.79 Å². The van der Waals surface area contributed by atoms with E-state index in [2.05, 4.69) is 22.8 Å². The van der Waals surface area contributed by atoms with E-state index in [0.717, 1.165) is 22.3 Å². The predicted molar refractivity (Wildman–Crippen MR) is 134 cm³/mol. The number of hydrogen-bond donors (Lipinski definition) is 3. The van der Waals surface area contributed by atoms with Gasteiger partial charge in [0.05, 0.1) is 0 Å². The minimum absolute atomic E-state index is 0.0944. The Balaban J connectivity index is 1.68. The van der Waals surface area contributed by atoms with Crippen molar-refractivity contribution in [3.8, 4) is 11.1 Å². The number of ether oxygens (including phenoxy) is 1. The van der Waals surface area contributed by atoms with Crippen LogP contribution >= 0.6 is 11.8 Å². The van der Waals surface area contributed by atoms with E-state index in [-0.39, 0.29) is 12.5 Å². The van der Waals surface area contributed by atoms with Crippen molar-refractivity contribution in [2.75, 3.05) is 18.6 Å². The first-order valence-electron chi connectivity index (χ1n) is 11.3. The molecule has 2 aromatic carbocycles. The van der Waals surface area contributed by atoms with Crippen LogP contribution in [-0.2, 0) is 14.3 Å². The second kappa shape index (κ2) is 11.0. The highest BCUT2D eigenvalue weighted by atomic mass is 32.2. The molecule has 0 radical (unpaired) electrons. The Morgan fingerprint density at radius 2 is 1.56 bits per heavy atom. The molecule has 3 rings (SSSR count). The molecule has 0 aliphatic heterocycles. The first-order valence-corrected chi connectivity index (χ1v) is 12.7. The van der Waals surface area contributed by atoms with E-state index < -0.39 is 35.5 Å². The Kier molecular flexibility index (Phi) is 8.25. The summed E-state index contributed by atoms with van der Waals surface area (Å²) in [5.41, 5.74) is 3.80. The van der Waals surface area contributed by atoms with Crippen LogP contribution in [0.2, 0.25) is 0 Å². The first kappa shape index (κ1) is 25.6. The molecule has 7 nitrogen and oxygen atoms in total. The second-order valence-electron chi connectivity index (χ2n) is 9.45. The third-order valence-corrected chi connectivity index (χ3v) is 6.60. The van der Waals surface area contributed by atoms with Gasteiger partial charge < -0.3 is 20.5 Å². The highest BCUT2D eigenvalue weighted by Crippen LogP contribution is 2.44. The minimum atomic E-state index is -1.10.